The Morgan fingerprint density at radius 2 is 2.05 bits per heavy atom. The van der Waals surface area contributed by atoms with Crippen LogP contribution in [0.5, 0.6) is 0 Å². The maximum atomic E-state index is 12.1. The van der Waals surface area contributed by atoms with E-state index in [2.05, 4.69) is 15.5 Å². The van der Waals surface area contributed by atoms with Crippen molar-refractivity contribution >= 4 is 23.2 Å². The zero-order valence-corrected chi connectivity index (χ0v) is 12.1. The van der Waals surface area contributed by atoms with Gasteiger partial charge in [0.05, 0.1) is 11.4 Å². The minimum absolute atomic E-state index is 0.136. The van der Waals surface area contributed by atoms with Crippen LogP contribution < -0.4 is 11.1 Å². The van der Waals surface area contributed by atoms with Gasteiger partial charge in [0, 0.05) is 25.3 Å². The fourth-order valence-electron chi connectivity index (χ4n) is 1.79. The summed E-state index contributed by atoms with van der Waals surface area (Å²) in [5, 5.41) is 9.19. The number of carbonyl (C=O) groups is 2. The summed E-state index contributed by atoms with van der Waals surface area (Å²) >= 11 is 0. The molecule has 0 aliphatic rings. The van der Waals surface area contributed by atoms with Gasteiger partial charge < -0.3 is 16.0 Å². The quantitative estimate of drug-likeness (QED) is 0.790. The van der Waals surface area contributed by atoms with Crippen LogP contribution in [-0.2, 0) is 0 Å². The number of anilines is 2. The third kappa shape index (κ3) is 3.02. The first-order valence-corrected chi connectivity index (χ1v) is 6.33. The Kier molecular flexibility index (Phi) is 3.93. The predicted molar refractivity (Wildman–Crippen MR) is 80.1 cm³/mol. The predicted octanol–water partition coefficient (Wildman–Crippen LogP) is 1.25. The molecular formula is C14H17N5O2. The van der Waals surface area contributed by atoms with Crippen molar-refractivity contribution in [3.05, 3.63) is 41.2 Å². The Morgan fingerprint density at radius 1 is 1.33 bits per heavy atom. The molecule has 1 aromatic heterocycles. The second-order valence-corrected chi connectivity index (χ2v) is 4.85. The number of aromatic nitrogens is 2. The molecule has 1 aromatic carbocycles. The van der Waals surface area contributed by atoms with Gasteiger partial charge in [0.1, 0.15) is 0 Å². The number of aryl methyl sites for hydroxylation is 1. The molecule has 0 saturated carbocycles. The van der Waals surface area contributed by atoms with E-state index in [4.69, 9.17) is 5.73 Å². The first kappa shape index (κ1) is 14.6. The number of benzene rings is 1. The molecule has 0 unspecified atom stereocenters. The second kappa shape index (κ2) is 5.66. The highest BCUT2D eigenvalue weighted by Gasteiger charge is 2.16. The van der Waals surface area contributed by atoms with Gasteiger partial charge in [-0.1, -0.05) is 6.07 Å². The molecule has 7 heteroatoms. The summed E-state index contributed by atoms with van der Waals surface area (Å²) in [6.07, 6.45) is 0. The van der Waals surface area contributed by atoms with Crippen molar-refractivity contribution in [2.24, 2.45) is 0 Å². The van der Waals surface area contributed by atoms with Gasteiger partial charge in [-0.25, -0.2) is 0 Å². The minimum Gasteiger partial charge on any atom is -0.395 e. The largest absolute Gasteiger partial charge is 0.395 e. The van der Waals surface area contributed by atoms with Crippen LogP contribution in [0.1, 0.15) is 26.5 Å². The topological polar surface area (TPSA) is 104 Å². The highest BCUT2D eigenvalue weighted by molar-refractivity contribution is 6.07. The molecule has 0 aliphatic carbocycles. The number of hydrogen-bond donors (Lipinski definition) is 3. The van der Waals surface area contributed by atoms with Crippen LogP contribution in [0, 0.1) is 6.92 Å². The third-order valence-electron chi connectivity index (χ3n) is 2.98. The van der Waals surface area contributed by atoms with Gasteiger partial charge in [-0.15, -0.1) is 0 Å². The molecule has 4 N–H and O–H groups in total. The summed E-state index contributed by atoms with van der Waals surface area (Å²) in [5.41, 5.74) is 7.84. The lowest BCUT2D eigenvalue weighted by Gasteiger charge is -2.11. The van der Waals surface area contributed by atoms with Crippen LogP contribution in [0.3, 0.4) is 0 Å². The van der Waals surface area contributed by atoms with E-state index < -0.39 is 5.91 Å². The molecule has 1 heterocycles. The summed E-state index contributed by atoms with van der Waals surface area (Å²) in [5.74, 6) is -0.562. The fraction of sp³-hybridized carbons (Fsp3) is 0.214. The molecule has 0 aliphatic heterocycles. The van der Waals surface area contributed by atoms with E-state index in [1.54, 1.807) is 45.3 Å². The Hall–Kier alpha value is -2.83. The molecule has 2 aromatic rings. The van der Waals surface area contributed by atoms with Crippen LogP contribution in [0.15, 0.2) is 24.3 Å². The molecule has 0 radical (unpaired) electrons. The summed E-state index contributed by atoms with van der Waals surface area (Å²) in [7, 11) is 3.33. The van der Waals surface area contributed by atoms with Gasteiger partial charge in [0.15, 0.2) is 5.69 Å². The molecule has 0 bridgehead atoms. The van der Waals surface area contributed by atoms with Crippen molar-refractivity contribution in [1.82, 2.24) is 15.1 Å². The molecule has 21 heavy (non-hydrogen) atoms. The van der Waals surface area contributed by atoms with E-state index in [0.717, 1.165) is 0 Å². The monoisotopic (exact) mass is 287 g/mol. The SMILES string of the molecule is Cc1[nH]nc(C(=O)Nc2cccc(C(=O)N(C)C)c2)c1N. The minimum atomic E-state index is -0.425. The van der Waals surface area contributed by atoms with Crippen LogP contribution in [-0.4, -0.2) is 41.0 Å². The first-order valence-electron chi connectivity index (χ1n) is 6.33. The van der Waals surface area contributed by atoms with E-state index in [-0.39, 0.29) is 11.6 Å². The van der Waals surface area contributed by atoms with Crippen LogP contribution >= 0.6 is 0 Å². The van der Waals surface area contributed by atoms with E-state index in [1.165, 1.54) is 4.90 Å². The van der Waals surface area contributed by atoms with E-state index in [9.17, 15) is 9.59 Å². The molecule has 7 nitrogen and oxygen atoms in total. The molecule has 0 spiro atoms. The Labute approximate surface area is 122 Å². The van der Waals surface area contributed by atoms with Crippen molar-refractivity contribution in [3.63, 3.8) is 0 Å². The van der Waals surface area contributed by atoms with Crippen molar-refractivity contribution in [2.45, 2.75) is 6.92 Å². The van der Waals surface area contributed by atoms with Crippen LogP contribution in [0.2, 0.25) is 0 Å². The zero-order chi connectivity index (χ0) is 15.6. The number of nitrogens with zero attached hydrogens (tertiary/aromatic N) is 2. The maximum absolute atomic E-state index is 12.1. The van der Waals surface area contributed by atoms with E-state index in [0.29, 0.717) is 22.6 Å². The number of amides is 2. The molecular weight excluding hydrogens is 270 g/mol. The molecule has 2 rings (SSSR count). The van der Waals surface area contributed by atoms with Crippen molar-refractivity contribution in [3.8, 4) is 0 Å². The van der Waals surface area contributed by atoms with Crippen LogP contribution in [0.25, 0.3) is 0 Å². The maximum Gasteiger partial charge on any atom is 0.278 e. The molecule has 0 saturated heterocycles. The van der Waals surface area contributed by atoms with Crippen LogP contribution in [0.4, 0.5) is 11.4 Å². The van der Waals surface area contributed by atoms with E-state index in [1.807, 2.05) is 0 Å². The molecule has 110 valence electrons. The number of nitrogens with one attached hydrogen (secondary N) is 2. The third-order valence-corrected chi connectivity index (χ3v) is 2.98. The van der Waals surface area contributed by atoms with Gasteiger partial charge >= 0.3 is 0 Å². The lowest BCUT2D eigenvalue weighted by molar-refractivity contribution is 0.0827. The molecule has 0 fully saturated rings. The van der Waals surface area contributed by atoms with Crippen molar-refractivity contribution in [1.29, 1.82) is 0 Å². The summed E-state index contributed by atoms with van der Waals surface area (Å²) in [6.45, 7) is 1.73. The average molecular weight is 287 g/mol. The summed E-state index contributed by atoms with van der Waals surface area (Å²) in [4.78, 5) is 25.4. The standard InChI is InChI=1S/C14H17N5O2/c1-8-11(15)12(18-17-8)13(20)16-10-6-4-5-9(7-10)14(21)19(2)3/h4-7H,15H2,1-3H3,(H,16,20)(H,17,18). The highest BCUT2D eigenvalue weighted by Crippen LogP contribution is 2.16. The molecule has 0 atom stereocenters. The number of carbonyl (C=O) groups excluding carboxylic acids is 2. The van der Waals surface area contributed by atoms with Gasteiger partial charge in [-0.2, -0.15) is 5.10 Å². The highest BCUT2D eigenvalue weighted by atomic mass is 16.2. The fourth-order valence-corrected chi connectivity index (χ4v) is 1.79. The van der Waals surface area contributed by atoms with Gasteiger partial charge in [0.2, 0.25) is 0 Å². The van der Waals surface area contributed by atoms with Gasteiger partial charge in [0.25, 0.3) is 11.8 Å². The Balaban J connectivity index is 2.20. The zero-order valence-electron chi connectivity index (χ0n) is 12.1. The first-order chi connectivity index (χ1) is 9.90. The lowest BCUT2D eigenvalue weighted by Crippen LogP contribution is -2.22. The number of nitrogen functional groups attached to an aromatic ring is 1. The Bertz CT molecular complexity index is 690. The van der Waals surface area contributed by atoms with Crippen molar-refractivity contribution in [2.75, 3.05) is 25.1 Å². The molecule has 2 amide bonds. The number of H-pyrrole nitrogens is 1. The van der Waals surface area contributed by atoms with E-state index >= 15 is 0 Å². The normalized spacial score (nSPS) is 10.2. The smallest absolute Gasteiger partial charge is 0.278 e. The number of hydrogen-bond acceptors (Lipinski definition) is 4. The summed E-state index contributed by atoms with van der Waals surface area (Å²) < 4.78 is 0. The number of rotatable bonds is 3. The van der Waals surface area contributed by atoms with Gasteiger partial charge in [-0.3, -0.25) is 14.7 Å². The lowest BCUT2D eigenvalue weighted by atomic mass is 10.1. The summed E-state index contributed by atoms with van der Waals surface area (Å²) in [6, 6.07) is 6.69. The Morgan fingerprint density at radius 3 is 2.62 bits per heavy atom. The number of nitrogens with two attached hydrogens (primary N) is 1. The van der Waals surface area contributed by atoms with Crippen molar-refractivity contribution < 1.29 is 9.59 Å². The second-order valence-electron chi connectivity index (χ2n) is 4.85. The van der Waals surface area contributed by atoms with Gasteiger partial charge in [-0.05, 0) is 25.1 Å². The number of aromatic amines is 1. The average Bonchev–Trinajstić information content (AvgIpc) is 2.78.